The molecule has 0 atom stereocenters. The molecule has 0 spiro atoms. The summed E-state index contributed by atoms with van der Waals surface area (Å²) in [4.78, 5) is 24.2. The van der Waals surface area contributed by atoms with E-state index in [0.29, 0.717) is 6.07 Å². The molecule has 1 amide bonds. The SMILES string of the molecule is Cc1cc(S(=O)(=O)Nc2ccccc2C(=O)OCC(=O)Nc2ccc(F)cc2F)ccc1F. The van der Waals surface area contributed by atoms with Crippen LogP contribution in [0.5, 0.6) is 0 Å². The second-order valence-corrected chi connectivity index (χ2v) is 8.49. The van der Waals surface area contributed by atoms with E-state index >= 15 is 0 Å². The van der Waals surface area contributed by atoms with Crippen LogP contribution in [0.15, 0.2) is 65.6 Å². The van der Waals surface area contributed by atoms with Gasteiger partial charge in [0.05, 0.1) is 21.8 Å². The lowest BCUT2D eigenvalue weighted by Crippen LogP contribution is -2.22. The number of amides is 1. The van der Waals surface area contributed by atoms with Crippen molar-refractivity contribution in [3.05, 3.63) is 89.2 Å². The smallest absolute Gasteiger partial charge is 0.340 e. The number of ether oxygens (including phenoxy) is 1. The van der Waals surface area contributed by atoms with E-state index in [1.807, 2.05) is 0 Å². The van der Waals surface area contributed by atoms with Gasteiger partial charge in [0.25, 0.3) is 15.9 Å². The van der Waals surface area contributed by atoms with Crippen molar-refractivity contribution in [1.29, 1.82) is 0 Å². The number of halogens is 3. The van der Waals surface area contributed by atoms with Gasteiger partial charge in [-0.2, -0.15) is 0 Å². The van der Waals surface area contributed by atoms with Crippen molar-refractivity contribution in [1.82, 2.24) is 0 Å². The zero-order valence-electron chi connectivity index (χ0n) is 17.1. The van der Waals surface area contributed by atoms with Gasteiger partial charge < -0.3 is 10.1 Å². The summed E-state index contributed by atoms with van der Waals surface area (Å²) in [7, 11) is -4.16. The van der Waals surface area contributed by atoms with Gasteiger partial charge in [-0.3, -0.25) is 9.52 Å². The normalized spacial score (nSPS) is 11.0. The summed E-state index contributed by atoms with van der Waals surface area (Å²) >= 11 is 0. The second-order valence-electron chi connectivity index (χ2n) is 6.81. The number of nitrogens with one attached hydrogen (secondary N) is 2. The van der Waals surface area contributed by atoms with E-state index in [4.69, 9.17) is 4.74 Å². The highest BCUT2D eigenvalue weighted by molar-refractivity contribution is 7.92. The number of carbonyl (C=O) groups is 2. The molecule has 11 heteroatoms. The van der Waals surface area contributed by atoms with Crippen molar-refractivity contribution >= 4 is 33.3 Å². The van der Waals surface area contributed by atoms with Crippen LogP contribution in [0.1, 0.15) is 15.9 Å². The zero-order valence-corrected chi connectivity index (χ0v) is 17.9. The topological polar surface area (TPSA) is 102 Å². The Kier molecular flexibility index (Phi) is 7.02. The largest absolute Gasteiger partial charge is 0.452 e. The lowest BCUT2D eigenvalue weighted by molar-refractivity contribution is -0.119. The Hall–Kier alpha value is -3.86. The van der Waals surface area contributed by atoms with E-state index in [-0.39, 0.29) is 27.4 Å². The third-order valence-electron chi connectivity index (χ3n) is 4.37. The van der Waals surface area contributed by atoms with Gasteiger partial charge in [-0.15, -0.1) is 0 Å². The maximum Gasteiger partial charge on any atom is 0.340 e. The van der Waals surface area contributed by atoms with Crippen molar-refractivity contribution in [2.75, 3.05) is 16.6 Å². The summed E-state index contributed by atoms with van der Waals surface area (Å²) in [5.74, 6) is -4.33. The van der Waals surface area contributed by atoms with Crippen LogP contribution in [0, 0.1) is 24.4 Å². The van der Waals surface area contributed by atoms with Gasteiger partial charge in [0, 0.05) is 6.07 Å². The molecule has 0 aromatic heterocycles. The monoisotopic (exact) mass is 478 g/mol. The van der Waals surface area contributed by atoms with E-state index < -0.39 is 46.0 Å². The van der Waals surface area contributed by atoms with Crippen LogP contribution < -0.4 is 10.0 Å². The fourth-order valence-corrected chi connectivity index (χ4v) is 3.89. The Morgan fingerprint density at radius 1 is 0.909 bits per heavy atom. The Labute approximate surface area is 187 Å². The molecule has 172 valence electrons. The van der Waals surface area contributed by atoms with E-state index in [9.17, 15) is 31.2 Å². The van der Waals surface area contributed by atoms with Gasteiger partial charge in [-0.25, -0.2) is 26.4 Å². The molecule has 0 bridgehead atoms. The standard InChI is InChI=1S/C22H17F3N2O5S/c1-13-10-15(7-8-17(13)24)33(30,31)27-19-5-3-2-4-16(19)22(29)32-12-21(28)26-20-9-6-14(23)11-18(20)25/h2-11,27H,12H2,1H3,(H,26,28). The van der Waals surface area contributed by atoms with E-state index in [2.05, 4.69) is 10.0 Å². The Bertz CT molecular complexity index is 1330. The summed E-state index contributed by atoms with van der Waals surface area (Å²) < 4.78 is 72.5. The van der Waals surface area contributed by atoms with Crippen molar-refractivity contribution < 1.29 is 35.9 Å². The zero-order chi connectivity index (χ0) is 24.2. The molecular formula is C22H17F3N2O5S. The number of hydrogen-bond donors (Lipinski definition) is 2. The molecule has 0 aliphatic rings. The third-order valence-corrected chi connectivity index (χ3v) is 5.73. The average Bonchev–Trinajstić information content (AvgIpc) is 2.76. The first-order valence-corrected chi connectivity index (χ1v) is 10.8. The van der Waals surface area contributed by atoms with E-state index in [1.165, 1.54) is 31.2 Å². The van der Waals surface area contributed by atoms with Gasteiger partial charge in [0.2, 0.25) is 0 Å². The van der Waals surface area contributed by atoms with Crippen molar-refractivity contribution in [2.24, 2.45) is 0 Å². The first-order valence-electron chi connectivity index (χ1n) is 9.37. The van der Waals surface area contributed by atoms with Crippen LogP contribution in [0.3, 0.4) is 0 Å². The predicted molar refractivity (Wildman–Crippen MR) is 114 cm³/mol. The molecule has 3 aromatic carbocycles. The molecule has 33 heavy (non-hydrogen) atoms. The van der Waals surface area contributed by atoms with E-state index in [0.717, 1.165) is 30.3 Å². The maximum absolute atomic E-state index is 13.6. The Balaban J connectivity index is 1.70. The predicted octanol–water partition coefficient (Wildman–Crippen LogP) is 4.01. The van der Waals surface area contributed by atoms with Gasteiger partial charge in [0.1, 0.15) is 17.5 Å². The second kappa shape index (κ2) is 9.74. The number of esters is 1. The molecular weight excluding hydrogens is 461 g/mol. The quantitative estimate of drug-likeness (QED) is 0.500. The average molecular weight is 478 g/mol. The molecule has 0 saturated carbocycles. The third kappa shape index (κ3) is 5.89. The molecule has 7 nitrogen and oxygen atoms in total. The number of aryl methyl sites for hydroxylation is 1. The highest BCUT2D eigenvalue weighted by Gasteiger charge is 2.21. The number of sulfonamides is 1. The van der Waals surface area contributed by atoms with Gasteiger partial charge in [0.15, 0.2) is 6.61 Å². The summed E-state index contributed by atoms with van der Waals surface area (Å²) in [6.07, 6.45) is 0. The lowest BCUT2D eigenvalue weighted by Gasteiger charge is -2.13. The number of rotatable bonds is 7. The molecule has 3 rings (SSSR count). The minimum absolute atomic E-state index is 0.120. The first kappa shape index (κ1) is 23.8. The maximum atomic E-state index is 13.6. The van der Waals surface area contributed by atoms with Gasteiger partial charge in [-0.1, -0.05) is 12.1 Å². The minimum atomic E-state index is -4.16. The summed E-state index contributed by atoms with van der Waals surface area (Å²) in [5, 5.41) is 2.13. The Morgan fingerprint density at radius 3 is 2.33 bits per heavy atom. The Morgan fingerprint density at radius 2 is 1.64 bits per heavy atom. The van der Waals surface area contributed by atoms with Crippen LogP contribution in [0.4, 0.5) is 24.5 Å². The van der Waals surface area contributed by atoms with Crippen LogP contribution in [-0.4, -0.2) is 26.9 Å². The fourth-order valence-electron chi connectivity index (χ4n) is 2.72. The number of hydrogen-bond acceptors (Lipinski definition) is 5. The fraction of sp³-hybridized carbons (Fsp3) is 0.0909. The molecule has 3 aromatic rings. The van der Waals surface area contributed by atoms with Crippen molar-refractivity contribution in [3.8, 4) is 0 Å². The molecule has 0 unspecified atom stereocenters. The first-order chi connectivity index (χ1) is 15.6. The number of benzene rings is 3. The summed E-state index contributed by atoms with van der Waals surface area (Å²) in [6.45, 7) is 0.594. The molecule has 0 aliphatic carbocycles. The van der Waals surface area contributed by atoms with Crippen molar-refractivity contribution in [2.45, 2.75) is 11.8 Å². The number of anilines is 2. The molecule has 0 aliphatic heterocycles. The van der Waals surface area contributed by atoms with Crippen LogP contribution in [0.25, 0.3) is 0 Å². The molecule has 2 N–H and O–H groups in total. The molecule has 0 fully saturated rings. The molecule has 0 radical (unpaired) electrons. The van der Waals surface area contributed by atoms with E-state index in [1.54, 1.807) is 0 Å². The number of carbonyl (C=O) groups excluding carboxylic acids is 2. The van der Waals surface area contributed by atoms with Crippen LogP contribution in [-0.2, 0) is 19.6 Å². The highest BCUT2D eigenvalue weighted by atomic mass is 32.2. The summed E-state index contributed by atoms with van der Waals surface area (Å²) in [5.41, 5.74) is -0.510. The lowest BCUT2D eigenvalue weighted by atomic mass is 10.2. The highest BCUT2D eigenvalue weighted by Crippen LogP contribution is 2.22. The number of para-hydroxylation sites is 1. The molecule has 0 saturated heterocycles. The molecule has 0 heterocycles. The van der Waals surface area contributed by atoms with Gasteiger partial charge in [-0.05, 0) is 55.0 Å². The minimum Gasteiger partial charge on any atom is -0.452 e. The summed E-state index contributed by atoms with van der Waals surface area (Å²) in [6, 6.07) is 11.2. The van der Waals surface area contributed by atoms with Crippen molar-refractivity contribution in [3.63, 3.8) is 0 Å². The van der Waals surface area contributed by atoms with Gasteiger partial charge >= 0.3 is 5.97 Å². The van der Waals surface area contributed by atoms with Crippen LogP contribution in [0.2, 0.25) is 0 Å². The van der Waals surface area contributed by atoms with Crippen LogP contribution >= 0.6 is 0 Å².